The molecule has 1 rings (SSSR count). The number of benzene rings is 1. The summed E-state index contributed by atoms with van der Waals surface area (Å²) in [5.41, 5.74) is 0.840. The number of hydrogen-bond donors (Lipinski definition) is 0. The number of alkyl halides is 3. The Bertz CT molecular complexity index is 238. The normalized spacial score (nSPS) is 11.6. The Morgan fingerprint density at radius 1 is 1.23 bits per heavy atom. The fraction of sp³-hybridized carbons (Fsp3) is 0.400. The van der Waals surface area contributed by atoms with Crippen LogP contribution in [0.2, 0.25) is 0 Å². The monoisotopic (exact) mass is 187 g/mol. The van der Waals surface area contributed by atoms with E-state index in [1.54, 1.807) is 24.3 Å². The third kappa shape index (κ3) is 4.55. The van der Waals surface area contributed by atoms with Gasteiger partial charge in [-0.3, -0.25) is 0 Å². The van der Waals surface area contributed by atoms with Gasteiger partial charge in [-0.15, -0.1) is 0 Å². The Balaban J connectivity index is 2.29. The molecule has 0 fully saturated rings. The molecule has 0 saturated heterocycles. The van der Waals surface area contributed by atoms with Gasteiger partial charge in [0, 0.05) is 6.42 Å². The van der Waals surface area contributed by atoms with Gasteiger partial charge in [-0.25, -0.2) is 0 Å². The van der Waals surface area contributed by atoms with Gasteiger partial charge in [0.15, 0.2) is 0 Å². The maximum absolute atomic E-state index is 11.7. The minimum absolute atomic E-state index is 0.143. The average Bonchev–Trinajstić information content (AvgIpc) is 2.04. The van der Waals surface area contributed by atoms with Crippen LogP contribution in [0.3, 0.4) is 0 Å². The zero-order chi connectivity index (χ0) is 9.73. The summed E-state index contributed by atoms with van der Waals surface area (Å²) in [5, 5.41) is 0. The van der Waals surface area contributed by atoms with Gasteiger partial charge >= 0.3 is 6.18 Å². The van der Waals surface area contributed by atoms with Crippen LogP contribution in [0.5, 0.6) is 0 Å². The van der Waals surface area contributed by atoms with Gasteiger partial charge in [0.1, 0.15) is 0 Å². The third-order valence-corrected chi connectivity index (χ3v) is 1.68. The minimum Gasteiger partial charge on any atom is -0.171 e. The second kappa shape index (κ2) is 4.30. The second-order valence-corrected chi connectivity index (χ2v) is 2.86. The molecule has 0 bridgehead atoms. The SMILES string of the molecule is FC(F)(F)CCCc1[c]cccc1. The van der Waals surface area contributed by atoms with Crippen LogP contribution in [-0.2, 0) is 6.42 Å². The van der Waals surface area contributed by atoms with Crippen molar-refractivity contribution in [2.45, 2.75) is 25.4 Å². The van der Waals surface area contributed by atoms with Crippen molar-refractivity contribution in [1.29, 1.82) is 0 Å². The highest BCUT2D eigenvalue weighted by Gasteiger charge is 2.25. The highest BCUT2D eigenvalue weighted by molar-refractivity contribution is 5.12. The van der Waals surface area contributed by atoms with Gasteiger partial charge in [-0.1, -0.05) is 24.3 Å². The molecule has 0 amide bonds. The van der Waals surface area contributed by atoms with E-state index in [9.17, 15) is 13.2 Å². The van der Waals surface area contributed by atoms with Crippen LogP contribution in [0.25, 0.3) is 0 Å². The Kier molecular flexibility index (Phi) is 3.34. The molecule has 0 aliphatic rings. The first-order valence-corrected chi connectivity index (χ1v) is 4.10. The average molecular weight is 187 g/mol. The molecule has 0 N–H and O–H groups in total. The lowest BCUT2D eigenvalue weighted by molar-refractivity contribution is -0.135. The molecule has 0 aliphatic heterocycles. The fourth-order valence-electron chi connectivity index (χ4n) is 1.07. The van der Waals surface area contributed by atoms with Crippen LogP contribution < -0.4 is 0 Å². The Labute approximate surface area is 75.4 Å². The molecule has 0 unspecified atom stereocenters. The standard InChI is InChI=1S/C10H10F3/c11-10(12,13)8-4-7-9-5-2-1-3-6-9/h1-3,5H,4,7-8H2. The van der Waals surface area contributed by atoms with E-state index in [1.807, 2.05) is 0 Å². The van der Waals surface area contributed by atoms with Gasteiger partial charge < -0.3 is 0 Å². The van der Waals surface area contributed by atoms with Crippen LogP contribution >= 0.6 is 0 Å². The zero-order valence-corrected chi connectivity index (χ0v) is 7.06. The summed E-state index contributed by atoms with van der Waals surface area (Å²) in [7, 11) is 0. The molecule has 1 aromatic carbocycles. The highest BCUT2D eigenvalue weighted by atomic mass is 19.4. The molecular weight excluding hydrogens is 177 g/mol. The molecule has 0 saturated carbocycles. The Morgan fingerprint density at radius 3 is 2.54 bits per heavy atom. The lowest BCUT2D eigenvalue weighted by Crippen LogP contribution is -2.07. The van der Waals surface area contributed by atoms with Crippen LogP contribution in [0, 0.1) is 6.07 Å². The molecule has 0 nitrogen and oxygen atoms in total. The van der Waals surface area contributed by atoms with Crippen molar-refractivity contribution >= 4 is 0 Å². The summed E-state index contributed by atoms with van der Waals surface area (Å²) in [5.74, 6) is 0. The zero-order valence-electron chi connectivity index (χ0n) is 7.06. The Hall–Kier alpha value is -0.990. The first-order valence-electron chi connectivity index (χ1n) is 4.10. The van der Waals surface area contributed by atoms with Crippen molar-refractivity contribution in [1.82, 2.24) is 0 Å². The highest BCUT2D eigenvalue weighted by Crippen LogP contribution is 2.22. The summed E-state index contributed by atoms with van der Waals surface area (Å²) >= 11 is 0. The molecule has 0 aromatic heterocycles. The van der Waals surface area contributed by atoms with E-state index in [0.717, 1.165) is 5.56 Å². The summed E-state index contributed by atoms with van der Waals surface area (Å²) < 4.78 is 35.2. The number of hydrogen-bond acceptors (Lipinski definition) is 0. The van der Waals surface area contributed by atoms with E-state index in [4.69, 9.17) is 0 Å². The molecule has 0 atom stereocenters. The first kappa shape index (κ1) is 10.1. The third-order valence-electron chi connectivity index (χ3n) is 1.68. The van der Waals surface area contributed by atoms with E-state index in [0.29, 0.717) is 6.42 Å². The van der Waals surface area contributed by atoms with Crippen LogP contribution in [0.1, 0.15) is 18.4 Å². The Morgan fingerprint density at radius 2 is 2.00 bits per heavy atom. The van der Waals surface area contributed by atoms with E-state index in [1.165, 1.54) is 0 Å². The van der Waals surface area contributed by atoms with E-state index in [2.05, 4.69) is 6.07 Å². The van der Waals surface area contributed by atoms with Crippen molar-refractivity contribution in [3.05, 3.63) is 35.9 Å². The number of aryl methyl sites for hydroxylation is 1. The summed E-state index contributed by atoms with van der Waals surface area (Å²) in [6, 6.07) is 9.99. The van der Waals surface area contributed by atoms with E-state index >= 15 is 0 Å². The minimum atomic E-state index is -4.03. The lowest BCUT2D eigenvalue weighted by Gasteiger charge is -2.05. The van der Waals surface area contributed by atoms with Crippen LogP contribution in [0.15, 0.2) is 24.3 Å². The lowest BCUT2D eigenvalue weighted by atomic mass is 10.1. The fourth-order valence-corrected chi connectivity index (χ4v) is 1.07. The van der Waals surface area contributed by atoms with Gasteiger partial charge in [-0.2, -0.15) is 13.2 Å². The molecule has 1 radical (unpaired) electrons. The van der Waals surface area contributed by atoms with Crippen molar-refractivity contribution in [3.8, 4) is 0 Å². The summed E-state index contributed by atoms with van der Waals surface area (Å²) in [6.45, 7) is 0. The predicted molar refractivity (Wildman–Crippen MR) is 44.3 cm³/mol. The molecule has 13 heavy (non-hydrogen) atoms. The van der Waals surface area contributed by atoms with Crippen LogP contribution in [0.4, 0.5) is 13.2 Å². The summed E-state index contributed by atoms with van der Waals surface area (Å²) in [4.78, 5) is 0. The second-order valence-electron chi connectivity index (χ2n) is 2.86. The van der Waals surface area contributed by atoms with Crippen LogP contribution in [-0.4, -0.2) is 6.18 Å². The van der Waals surface area contributed by atoms with Crippen molar-refractivity contribution in [3.63, 3.8) is 0 Å². The van der Waals surface area contributed by atoms with Gasteiger partial charge in [0.05, 0.1) is 0 Å². The van der Waals surface area contributed by atoms with E-state index < -0.39 is 12.6 Å². The number of halogens is 3. The topological polar surface area (TPSA) is 0 Å². The van der Waals surface area contributed by atoms with Gasteiger partial charge in [-0.05, 0) is 24.5 Å². The quantitative estimate of drug-likeness (QED) is 0.680. The first-order chi connectivity index (χ1) is 6.08. The number of rotatable bonds is 3. The molecule has 0 aliphatic carbocycles. The molecule has 0 heterocycles. The molecule has 1 aromatic rings. The molecule has 3 heteroatoms. The molecule has 71 valence electrons. The van der Waals surface area contributed by atoms with Crippen molar-refractivity contribution in [2.75, 3.05) is 0 Å². The molecule has 0 spiro atoms. The van der Waals surface area contributed by atoms with Crippen molar-refractivity contribution < 1.29 is 13.2 Å². The van der Waals surface area contributed by atoms with Crippen molar-refractivity contribution in [2.24, 2.45) is 0 Å². The smallest absolute Gasteiger partial charge is 0.171 e. The van der Waals surface area contributed by atoms with Gasteiger partial charge in [0.25, 0.3) is 0 Å². The maximum atomic E-state index is 11.7. The van der Waals surface area contributed by atoms with E-state index in [-0.39, 0.29) is 6.42 Å². The predicted octanol–water partition coefficient (Wildman–Crippen LogP) is 3.37. The summed E-state index contributed by atoms with van der Waals surface area (Å²) in [6.07, 6.45) is -4.16. The largest absolute Gasteiger partial charge is 0.389 e. The maximum Gasteiger partial charge on any atom is 0.389 e. The van der Waals surface area contributed by atoms with Gasteiger partial charge in [0.2, 0.25) is 0 Å². The molecular formula is C10H10F3.